The van der Waals surface area contributed by atoms with E-state index in [0.29, 0.717) is 23.9 Å². The Morgan fingerprint density at radius 1 is 1.62 bits per heavy atom. The number of hydrogen-bond donors (Lipinski definition) is 1. The summed E-state index contributed by atoms with van der Waals surface area (Å²) in [6.07, 6.45) is 3.83. The fraction of sp³-hybridized carbons (Fsp3) is 0.400. The molecule has 2 rings (SSSR count). The Balaban J connectivity index is 2.35. The van der Waals surface area contributed by atoms with Crippen LogP contribution in [0.2, 0.25) is 5.02 Å². The van der Waals surface area contributed by atoms with Crippen LogP contribution >= 0.6 is 46.8 Å². The number of thiol groups is 1. The maximum Gasteiger partial charge on any atom is 0.227 e. The van der Waals surface area contributed by atoms with Crippen LogP contribution in [-0.4, -0.2) is 23.2 Å². The van der Waals surface area contributed by atoms with Gasteiger partial charge in [0.2, 0.25) is 5.91 Å². The van der Waals surface area contributed by atoms with Crippen LogP contribution in [0, 0.1) is 9.49 Å². The molecule has 1 fully saturated rings. The third-order valence-electron chi connectivity index (χ3n) is 2.56. The summed E-state index contributed by atoms with van der Waals surface area (Å²) in [5.41, 5.74) is 0.784. The highest BCUT2D eigenvalue weighted by Crippen LogP contribution is 2.34. The second-order valence-corrected chi connectivity index (χ2v) is 5.64. The van der Waals surface area contributed by atoms with Crippen molar-refractivity contribution in [3.05, 3.63) is 21.0 Å². The first-order valence-electron chi connectivity index (χ1n) is 4.83. The van der Waals surface area contributed by atoms with Gasteiger partial charge in [-0.3, -0.25) is 9.78 Å². The molecule has 1 aliphatic heterocycles. The van der Waals surface area contributed by atoms with Crippen LogP contribution in [-0.2, 0) is 4.79 Å². The minimum Gasteiger partial charge on any atom is -0.310 e. The summed E-state index contributed by atoms with van der Waals surface area (Å²) in [5, 5.41) is 0.528. The highest BCUT2D eigenvalue weighted by Gasteiger charge is 2.31. The van der Waals surface area contributed by atoms with Crippen LogP contribution in [0.4, 0.5) is 5.69 Å². The van der Waals surface area contributed by atoms with Gasteiger partial charge in [0.15, 0.2) is 0 Å². The van der Waals surface area contributed by atoms with Gasteiger partial charge in [0.25, 0.3) is 0 Å². The molecule has 1 aliphatic rings. The Labute approximate surface area is 118 Å². The molecule has 1 aromatic rings. The summed E-state index contributed by atoms with van der Waals surface area (Å²) >= 11 is 12.5. The number of carbonyl (C=O) groups excluding carboxylic acids is 1. The largest absolute Gasteiger partial charge is 0.310 e. The topological polar surface area (TPSA) is 33.2 Å². The van der Waals surface area contributed by atoms with Crippen LogP contribution < -0.4 is 4.90 Å². The molecule has 1 amide bonds. The number of nitrogens with zero attached hydrogens (tertiary/aromatic N) is 2. The smallest absolute Gasteiger partial charge is 0.227 e. The fourth-order valence-corrected chi connectivity index (χ4v) is 3.19. The van der Waals surface area contributed by atoms with E-state index in [1.807, 2.05) is 0 Å². The zero-order valence-electron chi connectivity index (χ0n) is 8.36. The van der Waals surface area contributed by atoms with Gasteiger partial charge in [-0.15, -0.1) is 0 Å². The molecule has 16 heavy (non-hydrogen) atoms. The van der Waals surface area contributed by atoms with Crippen LogP contribution in [0.25, 0.3) is 0 Å². The molecule has 0 bridgehead atoms. The average molecular weight is 369 g/mol. The van der Waals surface area contributed by atoms with E-state index in [1.54, 1.807) is 17.3 Å². The fourth-order valence-electron chi connectivity index (χ4n) is 1.78. The Morgan fingerprint density at radius 3 is 2.94 bits per heavy atom. The first-order valence-corrected chi connectivity index (χ1v) is 6.92. The van der Waals surface area contributed by atoms with E-state index in [0.717, 1.165) is 15.0 Å². The Morgan fingerprint density at radius 2 is 2.38 bits per heavy atom. The van der Waals surface area contributed by atoms with Crippen LogP contribution in [0.3, 0.4) is 0 Å². The summed E-state index contributed by atoms with van der Waals surface area (Å²) in [6, 6.07) is 0. The van der Waals surface area contributed by atoms with E-state index in [9.17, 15) is 4.79 Å². The highest BCUT2D eigenvalue weighted by atomic mass is 127. The van der Waals surface area contributed by atoms with Crippen LogP contribution in [0.15, 0.2) is 12.4 Å². The number of amides is 1. The van der Waals surface area contributed by atoms with E-state index >= 15 is 0 Å². The van der Waals surface area contributed by atoms with Crippen molar-refractivity contribution in [2.45, 2.75) is 6.42 Å². The molecule has 1 saturated heterocycles. The molecule has 0 aliphatic carbocycles. The van der Waals surface area contributed by atoms with Crippen molar-refractivity contribution in [2.24, 2.45) is 5.92 Å². The molecule has 0 saturated carbocycles. The minimum absolute atomic E-state index is 0.116. The van der Waals surface area contributed by atoms with Crippen molar-refractivity contribution in [1.82, 2.24) is 4.98 Å². The van der Waals surface area contributed by atoms with Gasteiger partial charge in [-0.25, -0.2) is 0 Å². The van der Waals surface area contributed by atoms with Gasteiger partial charge in [0, 0.05) is 25.4 Å². The lowest BCUT2D eigenvalue weighted by molar-refractivity contribution is -0.117. The van der Waals surface area contributed by atoms with Crippen LogP contribution in [0.1, 0.15) is 6.42 Å². The summed E-state index contributed by atoms with van der Waals surface area (Å²) in [6.45, 7) is 0.696. The molecule has 0 N–H and O–H groups in total. The SMILES string of the molecule is O=C1CC(CS)CN1c1c(Cl)cncc1I. The monoisotopic (exact) mass is 368 g/mol. The lowest BCUT2D eigenvalue weighted by atomic mass is 10.1. The number of pyridine rings is 1. The summed E-state index contributed by atoms with van der Waals surface area (Å²) in [5.74, 6) is 1.16. The van der Waals surface area contributed by atoms with Gasteiger partial charge < -0.3 is 4.90 Å². The summed E-state index contributed by atoms with van der Waals surface area (Å²) < 4.78 is 0.901. The average Bonchev–Trinajstić information content (AvgIpc) is 2.60. The number of rotatable bonds is 2. The van der Waals surface area contributed by atoms with Crippen molar-refractivity contribution >= 4 is 58.4 Å². The predicted molar refractivity (Wildman–Crippen MR) is 76.3 cm³/mol. The van der Waals surface area contributed by atoms with Crippen molar-refractivity contribution in [3.8, 4) is 0 Å². The van der Waals surface area contributed by atoms with E-state index < -0.39 is 0 Å². The number of carbonyl (C=O) groups is 1. The molecular weight excluding hydrogens is 359 g/mol. The lowest BCUT2D eigenvalue weighted by Crippen LogP contribution is -2.26. The molecule has 1 aromatic heterocycles. The van der Waals surface area contributed by atoms with Gasteiger partial charge in [-0.1, -0.05) is 11.6 Å². The van der Waals surface area contributed by atoms with Gasteiger partial charge in [0.1, 0.15) is 0 Å². The zero-order chi connectivity index (χ0) is 11.7. The van der Waals surface area contributed by atoms with Crippen LogP contribution in [0.5, 0.6) is 0 Å². The molecular formula is C10H10ClIN2OS. The van der Waals surface area contributed by atoms with Gasteiger partial charge in [-0.05, 0) is 34.3 Å². The molecule has 0 spiro atoms. The molecule has 0 radical (unpaired) electrons. The third kappa shape index (κ3) is 2.31. The third-order valence-corrected chi connectivity index (χ3v) is 4.14. The quantitative estimate of drug-likeness (QED) is 0.643. The summed E-state index contributed by atoms with van der Waals surface area (Å²) in [4.78, 5) is 17.6. The Kier molecular flexibility index (Phi) is 3.97. The molecule has 0 aromatic carbocycles. The minimum atomic E-state index is 0.116. The van der Waals surface area contributed by atoms with Crippen molar-refractivity contribution in [3.63, 3.8) is 0 Å². The Bertz CT molecular complexity index is 409. The molecule has 3 nitrogen and oxygen atoms in total. The maximum absolute atomic E-state index is 11.9. The van der Waals surface area contributed by atoms with Gasteiger partial charge >= 0.3 is 0 Å². The van der Waals surface area contributed by atoms with E-state index in [1.165, 1.54) is 0 Å². The summed E-state index contributed by atoms with van der Waals surface area (Å²) in [7, 11) is 0. The maximum atomic E-state index is 11.9. The van der Waals surface area contributed by atoms with Crippen molar-refractivity contribution in [1.29, 1.82) is 0 Å². The first-order chi connectivity index (χ1) is 7.63. The predicted octanol–water partition coefficient (Wildman–Crippen LogP) is 2.62. The zero-order valence-corrected chi connectivity index (χ0v) is 12.2. The van der Waals surface area contributed by atoms with E-state index in [2.05, 4.69) is 40.2 Å². The number of hydrogen-bond acceptors (Lipinski definition) is 3. The van der Waals surface area contributed by atoms with Crippen molar-refractivity contribution < 1.29 is 4.79 Å². The standard InChI is InChI=1S/C10H10ClIN2OS/c11-7-2-13-3-8(12)10(7)14-4-6(5-16)1-9(14)15/h2-3,6,16H,1,4-5H2. The second-order valence-electron chi connectivity index (χ2n) is 3.71. The first kappa shape index (κ1) is 12.4. The number of halogens is 2. The van der Waals surface area contributed by atoms with Gasteiger partial charge in [0.05, 0.1) is 14.3 Å². The highest BCUT2D eigenvalue weighted by molar-refractivity contribution is 14.1. The number of aromatic nitrogens is 1. The normalized spacial score (nSPS) is 20.6. The van der Waals surface area contributed by atoms with E-state index in [4.69, 9.17) is 11.6 Å². The molecule has 1 unspecified atom stereocenters. The Hall–Kier alpha value is -0.0100. The molecule has 86 valence electrons. The second kappa shape index (κ2) is 5.10. The number of anilines is 1. The lowest BCUT2D eigenvalue weighted by Gasteiger charge is -2.19. The van der Waals surface area contributed by atoms with Crippen molar-refractivity contribution in [2.75, 3.05) is 17.2 Å². The molecule has 2 heterocycles. The van der Waals surface area contributed by atoms with E-state index in [-0.39, 0.29) is 5.91 Å². The molecule has 6 heteroatoms. The molecule has 1 atom stereocenters. The van der Waals surface area contributed by atoms with Gasteiger partial charge in [-0.2, -0.15) is 12.6 Å².